The Bertz CT molecular complexity index is 944. The number of carbonyl (C=O) groups is 1. The van der Waals surface area contributed by atoms with Gasteiger partial charge in [0, 0.05) is 41.0 Å². The molecule has 2 aromatic carbocycles. The molecule has 0 bridgehead atoms. The molecule has 3 aromatic rings. The molecule has 1 amide bonds. The van der Waals surface area contributed by atoms with Crippen LogP contribution < -0.4 is 5.32 Å². The van der Waals surface area contributed by atoms with E-state index in [0.29, 0.717) is 16.8 Å². The lowest BCUT2D eigenvalue weighted by molar-refractivity contribution is -0.385. The quantitative estimate of drug-likeness (QED) is 0.579. The summed E-state index contributed by atoms with van der Waals surface area (Å²) in [4.78, 5) is 23.2. The van der Waals surface area contributed by atoms with Gasteiger partial charge in [0.1, 0.15) is 0 Å². The number of carbonyl (C=O) groups excluding carboxylic acids is 1. The first-order chi connectivity index (χ1) is 11.5. The average Bonchev–Trinajstić information content (AvgIpc) is 2.95. The fraction of sp³-hybridized carbons (Fsp3) is 0.167. The summed E-state index contributed by atoms with van der Waals surface area (Å²) >= 11 is 0. The molecule has 0 unspecified atom stereocenters. The summed E-state index contributed by atoms with van der Waals surface area (Å²) in [5.74, 6) is -0.281. The monoisotopic (exact) mass is 323 g/mol. The molecule has 122 valence electrons. The molecule has 0 spiro atoms. The van der Waals surface area contributed by atoms with E-state index in [4.69, 9.17) is 0 Å². The Morgan fingerprint density at radius 2 is 2.00 bits per heavy atom. The first-order valence-electron chi connectivity index (χ1n) is 7.65. The van der Waals surface area contributed by atoms with E-state index < -0.39 is 4.92 Å². The van der Waals surface area contributed by atoms with Crippen LogP contribution in [0.25, 0.3) is 10.9 Å². The highest BCUT2D eigenvalue weighted by molar-refractivity contribution is 6.13. The summed E-state index contributed by atoms with van der Waals surface area (Å²) in [7, 11) is 0. The van der Waals surface area contributed by atoms with Gasteiger partial charge in [0.25, 0.3) is 11.6 Å². The van der Waals surface area contributed by atoms with Gasteiger partial charge in [0.2, 0.25) is 0 Å². The second kappa shape index (κ2) is 6.16. The highest BCUT2D eigenvalue weighted by Gasteiger charge is 2.16. The number of anilines is 1. The lowest BCUT2D eigenvalue weighted by Crippen LogP contribution is -2.11. The Hall–Kier alpha value is -3.15. The smallest absolute Gasteiger partial charge is 0.274 e. The van der Waals surface area contributed by atoms with Crippen molar-refractivity contribution in [1.82, 2.24) is 4.57 Å². The number of aromatic nitrogens is 1. The molecular weight excluding hydrogens is 306 g/mol. The molecule has 0 fully saturated rings. The van der Waals surface area contributed by atoms with Crippen LogP contribution in [0.2, 0.25) is 0 Å². The van der Waals surface area contributed by atoms with Crippen LogP contribution in [0.1, 0.15) is 22.8 Å². The molecular formula is C18H17N3O3. The van der Waals surface area contributed by atoms with Crippen LogP contribution >= 0.6 is 0 Å². The fourth-order valence-electron chi connectivity index (χ4n) is 2.77. The zero-order chi connectivity index (χ0) is 17.3. The lowest BCUT2D eigenvalue weighted by Gasteiger charge is -2.05. The number of hydrogen-bond acceptors (Lipinski definition) is 3. The van der Waals surface area contributed by atoms with Gasteiger partial charge in [-0.3, -0.25) is 14.9 Å². The van der Waals surface area contributed by atoms with Crippen LogP contribution in [-0.2, 0) is 6.54 Å². The number of nitro benzene ring substituents is 1. The van der Waals surface area contributed by atoms with Crippen molar-refractivity contribution in [3.05, 3.63) is 69.9 Å². The van der Waals surface area contributed by atoms with E-state index in [9.17, 15) is 14.9 Å². The van der Waals surface area contributed by atoms with Crippen molar-refractivity contribution in [2.75, 3.05) is 5.32 Å². The number of benzene rings is 2. The predicted octanol–water partition coefficient (Wildman–Crippen LogP) is 4.13. The van der Waals surface area contributed by atoms with Crippen LogP contribution in [0, 0.1) is 17.0 Å². The summed E-state index contributed by atoms with van der Waals surface area (Å²) in [6.07, 6.45) is 1.81. The molecule has 6 heteroatoms. The largest absolute Gasteiger partial charge is 0.347 e. The Labute approximate surface area is 138 Å². The second-order valence-electron chi connectivity index (χ2n) is 5.56. The molecule has 6 nitrogen and oxygen atoms in total. The summed E-state index contributed by atoms with van der Waals surface area (Å²) in [6.45, 7) is 4.43. The maximum absolute atomic E-state index is 12.6. The minimum atomic E-state index is -0.450. The van der Waals surface area contributed by atoms with Crippen LogP contribution in [0.3, 0.4) is 0 Å². The van der Waals surface area contributed by atoms with Crippen molar-refractivity contribution in [1.29, 1.82) is 0 Å². The molecule has 1 N–H and O–H groups in total. The minimum Gasteiger partial charge on any atom is -0.347 e. The van der Waals surface area contributed by atoms with Crippen LogP contribution in [0.5, 0.6) is 0 Å². The van der Waals surface area contributed by atoms with Crippen molar-refractivity contribution in [3.63, 3.8) is 0 Å². The maximum Gasteiger partial charge on any atom is 0.274 e. The average molecular weight is 323 g/mol. The zero-order valence-electron chi connectivity index (χ0n) is 13.4. The normalized spacial score (nSPS) is 10.8. The number of amides is 1. The van der Waals surface area contributed by atoms with Gasteiger partial charge in [-0.15, -0.1) is 0 Å². The van der Waals surface area contributed by atoms with Gasteiger partial charge < -0.3 is 9.88 Å². The van der Waals surface area contributed by atoms with Crippen LogP contribution in [0.4, 0.5) is 11.4 Å². The van der Waals surface area contributed by atoms with Gasteiger partial charge >= 0.3 is 0 Å². The molecule has 0 aliphatic carbocycles. The first kappa shape index (κ1) is 15.7. The number of hydrogen-bond donors (Lipinski definition) is 1. The maximum atomic E-state index is 12.6. The van der Waals surface area contributed by atoms with Crippen LogP contribution in [-0.4, -0.2) is 15.4 Å². The summed E-state index contributed by atoms with van der Waals surface area (Å²) in [6, 6.07) is 12.4. The number of rotatable bonds is 4. The number of nitro groups is 1. The van der Waals surface area contributed by atoms with Crippen molar-refractivity contribution >= 4 is 28.2 Å². The van der Waals surface area contributed by atoms with E-state index in [0.717, 1.165) is 17.4 Å². The van der Waals surface area contributed by atoms with E-state index in [1.165, 1.54) is 6.07 Å². The van der Waals surface area contributed by atoms with E-state index in [1.54, 1.807) is 19.1 Å². The topological polar surface area (TPSA) is 77.2 Å². The molecule has 0 radical (unpaired) electrons. The number of nitrogens with one attached hydrogen (secondary N) is 1. The number of nitrogens with zero attached hydrogens (tertiary/aromatic N) is 2. The molecule has 0 atom stereocenters. The van der Waals surface area contributed by atoms with Gasteiger partial charge in [-0.1, -0.05) is 24.3 Å². The Kier molecular flexibility index (Phi) is 4.04. The zero-order valence-corrected chi connectivity index (χ0v) is 13.4. The number of fused-ring (bicyclic) bond motifs is 1. The first-order valence-corrected chi connectivity index (χ1v) is 7.65. The van der Waals surface area contributed by atoms with Crippen molar-refractivity contribution in [3.8, 4) is 0 Å². The Balaban J connectivity index is 1.96. The fourth-order valence-corrected chi connectivity index (χ4v) is 2.77. The predicted molar refractivity (Wildman–Crippen MR) is 93.4 cm³/mol. The Morgan fingerprint density at radius 3 is 2.71 bits per heavy atom. The SMILES string of the molecule is CCn1cc(C(=O)Nc2ccc(C)c([N+](=O)[O-])c2)c2ccccc21. The lowest BCUT2D eigenvalue weighted by atomic mass is 10.1. The van der Waals surface area contributed by atoms with Gasteiger partial charge in [-0.05, 0) is 26.0 Å². The number of para-hydroxylation sites is 1. The summed E-state index contributed by atoms with van der Waals surface area (Å²) in [5.41, 5.74) is 2.49. The van der Waals surface area contributed by atoms with Crippen molar-refractivity contribution < 1.29 is 9.72 Å². The van der Waals surface area contributed by atoms with Gasteiger partial charge in [0.05, 0.1) is 10.5 Å². The molecule has 0 saturated carbocycles. The van der Waals surface area contributed by atoms with E-state index in [-0.39, 0.29) is 11.6 Å². The number of aryl methyl sites for hydroxylation is 2. The standard InChI is InChI=1S/C18H17N3O3/c1-3-20-11-15(14-6-4-5-7-16(14)20)18(22)19-13-9-8-12(2)17(10-13)21(23)24/h4-11H,3H2,1-2H3,(H,19,22). The Morgan fingerprint density at radius 1 is 1.25 bits per heavy atom. The second-order valence-corrected chi connectivity index (χ2v) is 5.56. The highest BCUT2D eigenvalue weighted by atomic mass is 16.6. The van der Waals surface area contributed by atoms with E-state index in [2.05, 4.69) is 5.32 Å². The van der Waals surface area contributed by atoms with E-state index >= 15 is 0 Å². The molecule has 0 saturated heterocycles. The molecule has 0 aliphatic rings. The third kappa shape index (κ3) is 2.74. The van der Waals surface area contributed by atoms with Gasteiger partial charge in [0.15, 0.2) is 0 Å². The van der Waals surface area contributed by atoms with Gasteiger partial charge in [-0.2, -0.15) is 0 Å². The summed E-state index contributed by atoms with van der Waals surface area (Å²) in [5, 5.41) is 14.6. The highest BCUT2D eigenvalue weighted by Crippen LogP contribution is 2.25. The minimum absolute atomic E-state index is 0.0104. The molecule has 1 heterocycles. The van der Waals surface area contributed by atoms with E-state index in [1.807, 2.05) is 42.0 Å². The third-order valence-corrected chi connectivity index (χ3v) is 4.04. The van der Waals surface area contributed by atoms with Crippen LogP contribution in [0.15, 0.2) is 48.7 Å². The molecule has 24 heavy (non-hydrogen) atoms. The molecule has 0 aliphatic heterocycles. The van der Waals surface area contributed by atoms with Crippen molar-refractivity contribution in [2.45, 2.75) is 20.4 Å². The van der Waals surface area contributed by atoms with Gasteiger partial charge in [-0.25, -0.2) is 0 Å². The van der Waals surface area contributed by atoms with Crippen molar-refractivity contribution in [2.24, 2.45) is 0 Å². The molecule has 3 rings (SSSR count). The summed E-state index contributed by atoms with van der Waals surface area (Å²) < 4.78 is 2.00. The third-order valence-electron chi connectivity index (χ3n) is 4.04. The molecule has 1 aromatic heterocycles.